The molecule has 3 aliphatic rings. The molecule has 2 fully saturated rings. The number of carboxylic acid groups (broad SMARTS) is 1. The molecule has 26 heavy (non-hydrogen) atoms. The number of fused-ring (bicyclic) bond motifs is 2. The van der Waals surface area contributed by atoms with Gasteiger partial charge in [-0.15, -0.1) is 0 Å². The Morgan fingerprint density at radius 1 is 1.15 bits per heavy atom. The molecule has 1 aromatic carbocycles. The topological polar surface area (TPSA) is 79.3 Å². The lowest BCUT2D eigenvalue weighted by molar-refractivity contribution is -0.161. The van der Waals surface area contributed by atoms with E-state index in [1.165, 1.54) is 0 Å². The second-order valence-electron chi connectivity index (χ2n) is 7.42. The average molecular weight is 360 g/mol. The number of ether oxygens (including phenoxy) is 2. The zero-order valence-electron chi connectivity index (χ0n) is 14.9. The fraction of sp³-hybridized carbons (Fsp3) is 0.579. The zero-order valence-corrected chi connectivity index (χ0v) is 14.9. The number of piperidine rings is 2. The molecular formula is C19H24N2O5. The van der Waals surface area contributed by atoms with Gasteiger partial charge in [-0.05, 0) is 51.1 Å². The smallest absolute Gasteiger partial charge is 0.311 e. The lowest BCUT2D eigenvalue weighted by atomic mass is 9.68. The number of carbonyl (C=O) groups excluding carboxylic acids is 1. The fourth-order valence-electron chi connectivity index (χ4n) is 4.53. The number of carboxylic acids is 1. The highest BCUT2D eigenvalue weighted by atomic mass is 16.6. The highest BCUT2D eigenvalue weighted by Crippen LogP contribution is 2.42. The number of aliphatic carboxylic acids is 1. The molecule has 0 bridgehead atoms. The van der Waals surface area contributed by atoms with Crippen LogP contribution < -0.4 is 9.47 Å². The molecule has 2 atom stereocenters. The van der Waals surface area contributed by atoms with Crippen LogP contribution in [0.25, 0.3) is 0 Å². The molecule has 140 valence electrons. The summed E-state index contributed by atoms with van der Waals surface area (Å²) in [6, 6.07) is 5.09. The standard InChI is InChI=1S/C19H24N2O5/c1-20-7-2-5-19(18(23)24)6-8-21(12-16(19)20)17(22)13-3-4-14-15(11-13)26-10-9-25-14/h3-4,11,16H,2,5-10,12H2,1H3,(H,23,24)/t16-,19+/m1/s1. The van der Waals surface area contributed by atoms with Gasteiger partial charge in [0.05, 0.1) is 5.41 Å². The van der Waals surface area contributed by atoms with Crippen LogP contribution in [0.1, 0.15) is 29.6 Å². The van der Waals surface area contributed by atoms with Crippen LogP contribution in [-0.4, -0.2) is 72.7 Å². The van der Waals surface area contributed by atoms with E-state index in [2.05, 4.69) is 4.90 Å². The van der Waals surface area contributed by atoms with Crippen LogP contribution in [0.5, 0.6) is 11.5 Å². The second kappa shape index (κ2) is 6.46. The summed E-state index contributed by atoms with van der Waals surface area (Å²) in [7, 11) is 1.96. The number of likely N-dealkylation sites (tertiary alicyclic amines) is 2. The van der Waals surface area contributed by atoms with Gasteiger partial charge < -0.3 is 24.4 Å². The van der Waals surface area contributed by atoms with Crippen LogP contribution in [0.15, 0.2) is 18.2 Å². The Bertz CT molecular complexity index is 737. The number of benzene rings is 1. The van der Waals surface area contributed by atoms with E-state index in [0.29, 0.717) is 56.2 Å². The third kappa shape index (κ3) is 2.70. The molecular weight excluding hydrogens is 336 g/mol. The van der Waals surface area contributed by atoms with Gasteiger partial charge in [0.2, 0.25) is 0 Å². The van der Waals surface area contributed by atoms with Crippen molar-refractivity contribution in [3.05, 3.63) is 23.8 Å². The van der Waals surface area contributed by atoms with Crippen LogP contribution in [0, 0.1) is 5.41 Å². The SMILES string of the molecule is CN1CCC[C@]2(C(=O)O)CCN(C(=O)c3ccc4c(c3)OCCO4)C[C@@H]12. The number of nitrogens with zero attached hydrogens (tertiary/aromatic N) is 2. The van der Waals surface area contributed by atoms with Crippen LogP contribution in [0.3, 0.4) is 0 Å². The zero-order chi connectivity index (χ0) is 18.3. The number of hydrogen-bond donors (Lipinski definition) is 1. The van der Waals surface area contributed by atoms with E-state index in [1.54, 1.807) is 23.1 Å². The summed E-state index contributed by atoms with van der Waals surface area (Å²) in [5.74, 6) is 0.428. The molecule has 0 spiro atoms. The third-order valence-corrected chi connectivity index (χ3v) is 6.03. The van der Waals surface area contributed by atoms with Gasteiger partial charge in [-0.1, -0.05) is 0 Å². The largest absolute Gasteiger partial charge is 0.486 e. The summed E-state index contributed by atoms with van der Waals surface area (Å²) < 4.78 is 11.1. The molecule has 0 aromatic heterocycles. The first-order valence-electron chi connectivity index (χ1n) is 9.14. The Morgan fingerprint density at radius 2 is 1.92 bits per heavy atom. The molecule has 2 saturated heterocycles. The molecule has 3 aliphatic heterocycles. The van der Waals surface area contributed by atoms with Crippen LogP contribution in [-0.2, 0) is 4.79 Å². The Kier molecular flexibility index (Phi) is 4.26. The molecule has 1 aromatic rings. The van der Waals surface area contributed by atoms with Crippen LogP contribution in [0.4, 0.5) is 0 Å². The summed E-state index contributed by atoms with van der Waals surface area (Å²) >= 11 is 0. The minimum absolute atomic E-state index is 0.0834. The monoisotopic (exact) mass is 360 g/mol. The number of amides is 1. The quantitative estimate of drug-likeness (QED) is 0.860. The van der Waals surface area contributed by atoms with Gasteiger partial charge in [-0.25, -0.2) is 0 Å². The number of hydrogen-bond acceptors (Lipinski definition) is 5. The van der Waals surface area contributed by atoms with Gasteiger partial charge >= 0.3 is 5.97 Å². The molecule has 1 amide bonds. The van der Waals surface area contributed by atoms with Crippen molar-refractivity contribution >= 4 is 11.9 Å². The Balaban J connectivity index is 1.56. The third-order valence-electron chi connectivity index (χ3n) is 6.03. The summed E-state index contributed by atoms with van der Waals surface area (Å²) in [6.45, 7) is 2.76. The lowest BCUT2D eigenvalue weighted by Crippen LogP contribution is -2.63. The number of likely N-dealkylation sites (N-methyl/N-ethyl adjacent to an activating group) is 1. The fourth-order valence-corrected chi connectivity index (χ4v) is 4.53. The van der Waals surface area contributed by atoms with E-state index >= 15 is 0 Å². The number of carbonyl (C=O) groups is 2. The Labute approximate surface area is 152 Å². The summed E-state index contributed by atoms with van der Waals surface area (Å²) in [5, 5.41) is 9.86. The van der Waals surface area contributed by atoms with Gasteiger partial charge in [0.15, 0.2) is 11.5 Å². The Morgan fingerprint density at radius 3 is 2.69 bits per heavy atom. The van der Waals surface area contributed by atoms with Crippen molar-refractivity contribution in [2.45, 2.75) is 25.3 Å². The molecule has 4 rings (SSSR count). The highest BCUT2D eigenvalue weighted by molar-refractivity contribution is 5.95. The van der Waals surface area contributed by atoms with Crippen molar-refractivity contribution in [3.63, 3.8) is 0 Å². The van der Waals surface area contributed by atoms with Crippen molar-refractivity contribution in [3.8, 4) is 11.5 Å². The predicted molar refractivity (Wildman–Crippen MR) is 93.7 cm³/mol. The molecule has 7 heteroatoms. The van der Waals surface area contributed by atoms with E-state index in [-0.39, 0.29) is 11.9 Å². The number of rotatable bonds is 2. The maximum Gasteiger partial charge on any atom is 0.311 e. The normalized spacial score (nSPS) is 28.3. The minimum Gasteiger partial charge on any atom is -0.486 e. The summed E-state index contributed by atoms with van der Waals surface area (Å²) in [6.07, 6.45) is 2.06. The minimum atomic E-state index is -0.740. The first-order chi connectivity index (χ1) is 12.5. The second-order valence-corrected chi connectivity index (χ2v) is 7.42. The van der Waals surface area contributed by atoms with Crippen LogP contribution in [0.2, 0.25) is 0 Å². The van der Waals surface area contributed by atoms with E-state index < -0.39 is 11.4 Å². The molecule has 0 unspecified atom stereocenters. The molecule has 7 nitrogen and oxygen atoms in total. The van der Waals surface area contributed by atoms with Gasteiger partial charge in [0, 0.05) is 24.7 Å². The van der Waals surface area contributed by atoms with Crippen molar-refractivity contribution in [1.82, 2.24) is 9.80 Å². The van der Waals surface area contributed by atoms with Crippen molar-refractivity contribution < 1.29 is 24.2 Å². The van der Waals surface area contributed by atoms with Crippen molar-refractivity contribution in [2.75, 3.05) is 39.9 Å². The van der Waals surface area contributed by atoms with E-state index in [4.69, 9.17) is 9.47 Å². The molecule has 0 saturated carbocycles. The summed E-state index contributed by atoms with van der Waals surface area (Å²) in [5.41, 5.74) is -0.188. The van der Waals surface area contributed by atoms with E-state index in [1.807, 2.05) is 7.05 Å². The maximum absolute atomic E-state index is 13.0. The molecule has 1 N–H and O–H groups in total. The first kappa shape index (κ1) is 17.1. The van der Waals surface area contributed by atoms with E-state index in [9.17, 15) is 14.7 Å². The lowest BCUT2D eigenvalue weighted by Gasteiger charge is -2.51. The maximum atomic E-state index is 13.0. The average Bonchev–Trinajstić information content (AvgIpc) is 2.67. The van der Waals surface area contributed by atoms with Gasteiger partial charge in [0.25, 0.3) is 5.91 Å². The highest BCUT2D eigenvalue weighted by Gasteiger charge is 2.52. The molecule has 3 heterocycles. The molecule has 0 aliphatic carbocycles. The summed E-state index contributed by atoms with van der Waals surface area (Å²) in [4.78, 5) is 28.9. The van der Waals surface area contributed by atoms with Gasteiger partial charge in [-0.2, -0.15) is 0 Å². The van der Waals surface area contributed by atoms with Crippen molar-refractivity contribution in [2.24, 2.45) is 5.41 Å². The van der Waals surface area contributed by atoms with Crippen LogP contribution >= 0.6 is 0 Å². The molecule has 0 radical (unpaired) electrons. The van der Waals surface area contributed by atoms with Crippen molar-refractivity contribution in [1.29, 1.82) is 0 Å². The Hall–Kier alpha value is -2.28. The van der Waals surface area contributed by atoms with E-state index in [0.717, 1.165) is 13.0 Å². The first-order valence-corrected chi connectivity index (χ1v) is 9.14. The van der Waals surface area contributed by atoms with Gasteiger partial charge in [-0.3, -0.25) is 9.59 Å². The predicted octanol–water partition coefficient (Wildman–Crippen LogP) is 1.47. The van der Waals surface area contributed by atoms with Gasteiger partial charge in [0.1, 0.15) is 13.2 Å².